The molecule has 1 N–H and O–H groups in total. The average molecular weight is 412 g/mol. The molecule has 1 fully saturated rings. The van der Waals surface area contributed by atoms with Crippen molar-refractivity contribution >= 4 is 35.0 Å². The van der Waals surface area contributed by atoms with E-state index in [0.717, 1.165) is 54.6 Å². The van der Waals surface area contributed by atoms with Gasteiger partial charge in [0.25, 0.3) is 5.91 Å². The minimum atomic E-state index is -0.134. The summed E-state index contributed by atoms with van der Waals surface area (Å²) in [7, 11) is 0. The average Bonchev–Trinajstić information content (AvgIpc) is 2.77. The van der Waals surface area contributed by atoms with Crippen molar-refractivity contribution in [2.45, 2.75) is 20.3 Å². The van der Waals surface area contributed by atoms with Crippen LogP contribution >= 0.6 is 11.8 Å². The van der Waals surface area contributed by atoms with Crippen LogP contribution in [0.1, 0.15) is 29.8 Å². The van der Waals surface area contributed by atoms with E-state index >= 15 is 0 Å². The number of nitrogens with zero attached hydrogens (tertiary/aromatic N) is 2. The van der Waals surface area contributed by atoms with E-state index in [1.165, 1.54) is 0 Å². The summed E-state index contributed by atoms with van der Waals surface area (Å²) in [6.07, 6.45) is 0.408. The summed E-state index contributed by atoms with van der Waals surface area (Å²) in [5, 5.41) is 2.93. The monoisotopic (exact) mass is 411 g/mol. The molecule has 154 valence electrons. The fourth-order valence-electron chi connectivity index (χ4n) is 3.42. The predicted molar refractivity (Wildman–Crippen MR) is 122 cm³/mol. The summed E-state index contributed by atoms with van der Waals surface area (Å²) in [6.45, 7) is 7.79. The van der Waals surface area contributed by atoms with Crippen LogP contribution in [0.3, 0.4) is 0 Å². The van der Waals surface area contributed by atoms with E-state index < -0.39 is 0 Å². The summed E-state index contributed by atoms with van der Waals surface area (Å²) < 4.78 is 0. The minimum absolute atomic E-state index is 0.134. The lowest BCUT2D eigenvalue weighted by molar-refractivity contribution is -0.130. The second kappa shape index (κ2) is 10.3. The first-order valence-electron chi connectivity index (χ1n) is 10.2. The highest BCUT2D eigenvalue weighted by Crippen LogP contribution is 2.17. The fraction of sp³-hybridized carbons (Fsp3) is 0.391. The van der Waals surface area contributed by atoms with Crippen LogP contribution in [0.25, 0.3) is 0 Å². The largest absolute Gasteiger partial charge is 0.372 e. The molecule has 1 heterocycles. The molecule has 0 aromatic heterocycles. The van der Waals surface area contributed by atoms with Crippen molar-refractivity contribution in [3.8, 4) is 0 Å². The van der Waals surface area contributed by atoms with Gasteiger partial charge in [0.15, 0.2) is 0 Å². The van der Waals surface area contributed by atoms with Gasteiger partial charge in [-0.05, 0) is 55.8 Å². The Balaban J connectivity index is 1.56. The van der Waals surface area contributed by atoms with Gasteiger partial charge in [0.2, 0.25) is 5.91 Å². The Kier molecular flexibility index (Phi) is 7.58. The van der Waals surface area contributed by atoms with Crippen molar-refractivity contribution < 1.29 is 9.59 Å². The molecule has 2 amide bonds. The molecule has 5 nitrogen and oxygen atoms in total. The number of carbonyl (C=O) groups is 2. The van der Waals surface area contributed by atoms with E-state index in [2.05, 4.69) is 24.1 Å². The van der Waals surface area contributed by atoms with Crippen LogP contribution in [0.5, 0.6) is 0 Å². The van der Waals surface area contributed by atoms with Crippen molar-refractivity contribution in [2.24, 2.45) is 0 Å². The Morgan fingerprint density at radius 3 is 2.17 bits per heavy atom. The SMILES string of the molecule is CCN(CC)c1ccc(C(=O)Nc2ccc(CC(=O)N3CCSCC3)cc2)cc1. The smallest absolute Gasteiger partial charge is 0.255 e. The van der Waals surface area contributed by atoms with Gasteiger partial charge < -0.3 is 15.1 Å². The highest BCUT2D eigenvalue weighted by atomic mass is 32.2. The maximum Gasteiger partial charge on any atom is 0.255 e. The molecule has 1 saturated heterocycles. The molecule has 1 aliphatic heterocycles. The molecule has 3 rings (SSSR count). The molecule has 0 radical (unpaired) electrons. The first-order chi connectivity index (χ1) is 14.1. The second-order valence-electron chi connectivity index (χ2n) is 7.04. The molecule has 0 bridgehead atoms. The Morgan fingerprint density at radius 2 is 1.59 bits per heavy atom. The van der Waals surface area contributed by atoms with Gasteiger partial charge in [-0.15, -0.1) is 0 Å². The third-order valence-electron chi connectivity index (χ3n) is 5.19. The van der Waals surface area contributed by atoms with Crippen LogP contribution in [0.15, 0.2) is 48.5 Å². The molecule has 1 aliphatic rings. The molecule has 0 saturated carbocycles. The highest BCUT2D eigenvalue weighted by molar-refractivity contribution is 7.99. The van der Waals surface area contributed by atoms with Crippen LogP contribution in [0.2, 0.25) is 0 Å². The van der Waals surface area contributed by atoms with E-state index in [1.807, 2.05) is 65.2 Å². The quantitative estimate of drug-likeness (QED) is 0.751. The molecule has 6 heteroatoms. The topological polar surface area (TPSA) is 52.7 Å². The zero-order chi connectivity index (χ0) is 20.6. The van der Waals surface area contributed by atoms with Gasteiger partial charge in [-0.1, -0.05) is 12.1 Å². The number of hydrogen-bond donors (Lipinski definition) is 1. The third-order valence-corrected chi connectivity index (χ3v) is 6.13. The van der Waals surface area contributed by atoms with Crippen molar-refractivity contribution in [1.29, 1.82) is 0 Å². The lowest BCUT2D eigenvalue weighted by Gasteiger charge is -2.26. The van der Waals surface area contributed by atoms with E-state index in [0.29, 0.717) is 12.0 Å². The lowest BCUT2D eigenvalue weighted by Crippen LogP contribution is -2.38. The Bertz CT molecular complexity index is 811. The van der Waals surface area contributed by atoms with Gasteiger partial charge in [0.1, 0.15) is 0 Å². The summed E-state index contributed by atoms with van der Waals surface area (Å²) in [5.74, 6) is 2.08. The minimum Gasteiger partial charge on any atom is -0.372 e. The molecule has 0 spiro atoms. The van der Waals surface area contributed by atoms with E-state index in [9.17, 15) is 9.59 Å². The first-order valence-corrected chi connectivity index (χ1v) is 11.4. The van der Waals surface area contributed by atoms with Crippen LogP contribution in [0.4, 0.5) is 11.4 Å². The Labute approximate surface area is 177 Å². The van der Waals surface area contributed by atoms with Crippen molar-refractivity contribution in [1.82, 2.24) is 4.90 Å². The van der Waals surface area contributed by atoms with Gasteiger partial charge in [0, 0.05) is 54.6 Å². The van der Waals surface area contributed by atoms with E-state index in [-0.39, 0.29) is 11.8 Å². The van der Waals surface area contributed by atoms with E-state index in [4.69, 9.17) is 0 Å². The van der Waals surface area contributed by atoms with Crippen LogP contribution in [-0.2, 0) is 11.2 Å². The zero-order valence-corrected chi connectivity index (χ0v) is 18.0. The Morgan fingerprint density at radius 1 is 0.966 bits per heavy atom. The fourth-order valence-corrected chi connectivity index (χ4v) is 4.32. The molecule has 0 atom stereocenters. The van der Waals surface area contributed by atoms with Crippen molar-refractivity contribution in [2.75, 3.05) is 47.9 Å². The molecule has 0 aliphatic carbocycles. The number of thioether (sulfide) groups is 1. The lowest BCUT2D eigenvalue weighted by atomic mass is 10.1. The van der Waals surface area contributed by atoms with Gasteiger partial charge in [-0.2, -0.15) is 11.8 Å². The van der Waals surface area contributed by atoms with Gasteiger partial charge in [0.05, 0.1) is 6.42 Å². The molecular weight excluding hydrogens is 382 g/mol. The van der Waals surface area contributed by atoms with Crippen LogP contribution in [0, 0.1) is 0 Å². The van der Waals surface area contributed by atoms with Crippen molar-refractivity contribution in [3.05, 3.63) is 59.7 Å². The maximum absolute atomic E-state index is 12.5. The van der Waals surface area contributed by atoms with Crippen molar-refractivity contribution in [3.63, 3.8) is 0 Å². The molecule has 0 unspecified atom stereocenters. The van der Waals surface area contributed by atoms with Gasteiger partial charge in [-0.3, -0.25) is 9.59 Å². The first kappa shape index (κ1) is 21.2. The second-order valence-corrected chi connectivity index (χ2v) is 8.26. The predicted octanol–water partition coefficient (Wildman–Crippen LogP) is 3.90. The molecule has 2 aromatic carbocycles. The normalized spacial score (nSPS) is 13.8. The van der Waals surface area contributed by atoms with Gasteiger partial charge in [-0.25, -0.2) is 0 Å². The van der Waals surface area contributed by atoms with Crippen LogP contribution in [-0.4, -0.2) is 54.4 Å². The number of rotatable bonds is 7. The third kappa shape index (κ3) is 5.76. The number of anilines is 2. The van der Waals surface area contributed by atoms with E-state index in [1.54, 1.807) is 0 Å². The summed E-state index contributed by atoms with van der Waals surface area (Å²) in [4.78, 5) is 29.1. The highest BCUT2D eigenvalue weighted by Gasteiger charge is 2.17. The number of hydrogen-bond acceptors (Lipinski definition) is 4. The summed E-state index contributed by atoms with van der Waals surface area (Å²) in [6, 6.07) is 15.2. The van der Waals surface area contributed by atoms with Crippen LogP contribution < -0.4 is 10.2 Å². The summed E-state index contributed by atoms with van der Waals surface area (Å²) >= 11 is 1.90. The molecular formula is C23H29N3O2S. The molecule has 2 aromatic rings. The number of nitrogens with one attached hydrogen (secondary N) is 1. The standard InChI is InChI=1S/C23H29N3O2S/c1-3-25(4-2)21-11-7-19(8-12-21)23(28)24-20-9-5-18(6-10-20)17-22(27)26-13-15-29-16-14-26/h5-12H,3-4,13-17H2,1-2H3,(H,24,28). The molecule has 29 heavy (non-hydrogen) atoms. The summed E-state index contributed by atoms with van der Waals surface area (Å²) in [5.41, 5.74) is 3.44. The number of amides is 2. The number of carbonyl (C=O) groups excluding carboxylic acids is 2. The zero-order valence-electron chi connectivity index (χ0n) is 17.2. The van der Waals surface area contributed by atoms with Gasteiger partial charge >= 0.3 is 0 Å². The Hall–Kier alpha value is -2.47. The number of benzene rings is 2. The maximum atomic E-state index is 12.5.